The van der Waals surface area contributed by atoms with E-state index in [0.717, 1.165) is 38.9 Å². The van der Waals surface area contributed by atoms with Crippen molar-refractivity contribution in [3.8, 4) is 5.82 Å². The molecular weight excluding hydrogens is 562 g/mol. The van der Waals surface area contributed by atoms with Crippen LogP contribution in [0.15, 0.2) is 24.7 Å². The number of nitrogens with one attached hydrogen (secondary N) is 1. The van der Waals surface area contributed by atoms with Crippen molar-refractivity contribution in [2.75, 3.05) is 11.9 Å². The van der Waals surface area contributed by atoms with Gasteiger partial charge in [0.1, 0.15) is 24.5 Å². The Bertz CT molecular complexity index is 1450. The van der Waals surface area contributed by atoms with Crippen LogP contribution in [-0.2, 0) is 22.3 Å². The molecule has 11 nitrogen and oxygen atoms in total. The normalized spacial score (nSPS) is 17.4. The molecule has 1 unspecified atom stereocenters. The van der Waals surface area contributed by atoms with Gasteiger partial charge < -0.3 is 10.1 Å². The molecule has 4 rings (SSSR count). The largest absolute Gasteiger partial charge is 0.444 e. The van der Waals surface area contributed by atoms with Crippen LogP contribution in [0.3, 0.4) is 0 Å². The molecule has 0 aliphatic carbocycles. The van der Waals surface area contributed by atoms with Gasteiger partial charge in [0.2, 0.25) is 5.91 Å². The number of ether oxygens (including phenoxy) is 1. The van der Waals surface area contributed by atoms with E-state index in [9.17, 15) is 35.9 Å². The van der Waals surface area contributed by atoms with Gasteiger partial charge >= 0.3 is 12.3 Å². The predicted octanol–water partition coefficient (Wildman–Crippen LogP) is 4.67. The van der Waals surface area contributed by atoms with Crippen LogP contribution in [0.4, 0.5) is 36.8 Å². The van der Waals surface area contributed by atoms with Gasteiger partial charge in [-0.05, 0) is 33.8 Å². The van der Waals surface area contributed by atoms with Crippen LogP contribution in [0, 0.1) is 12.7 Å². The van der Waals surface area contributed by atoms with E-state index in [0.29, 0.717) is 0 Å². The fraction of sp³-hybridized carbons (Fsp3) is 0.500. The Morgan fingerprint density at radius 3 is 2.46 bits per heavy atom. The highest BCUT2D eigenvalue weighted by Crippen LogP contribution is 2.39. The molecule has 1 saturated heterocycles. The van der Waals surface area contributed by atoms with Crippen LogP contribution >= 0.6 is 0 Å². The smallest absolute Gasteiger partial charge is 0.435 e. The summed E-state index contributed by atoms with van der Waals surface area (Å²) in [5.41, 5.74) is -2.05. The van der Waals surface area contributed by atoms with Crippen molar-refractivity contribution in [3.05, 3.63) is 47.7 Å². The Morgan fingerprint density at radius 1 is 1.15 bits per heavy atom. The average Bonchev–Trinajstić information content (AvgIpc) is 3.44. The molecule has 1 aliphatic heterocycles. The third kappa shape index (κ3) is 7.13. The Hall–Kier alpha value is -4.18. The molecule has 0 bridgehead atoms. The summed E-state index contributed by atoms with van der Waals surface area (Å²) < 4.78 is 89.1. The maximum absolute atomic E-state index is 14.9. The van der Waals surface area contributed by atoms with Crippen molar-refractivity contribution < 1.29 is 40.7 Å². The average molecular weight is 589 g/mol. The molecule has 1 fully saturated rings. The molecule has 17 heteroatoms. The fourth-order valence-electron chi connectivity index (χ4n) is 4.05. The molecule has 0 radical (unpaired) electrons. The van der Waals surface area contributed by atoms with Crippen molar-refractivity contribution in [1.82, 2.24) is 34.4 Å². The van der Waals surface area contributed by atoms with Gasteiger partial charge in [-0.3, -0.25) is 14.4 Å². The van der Waals surface area contributed by atoms with E-state index in [1.807, 2.05) is 0 Å². The van der Waals surface area contributed by atoms with E-state index in [-0.39, 0.29) is 29.6 Å². The van der Waals surface area contributed by atoms with E-state index in [1.54, 1.807) is 20.8 Å². The Balaban J connectivity index is 1.49. The van der Waals surface area contributed by atoms with Gasteiger partial charge in [0.05, 0.1) is 11.9 Å². The first-order valence-electron chi connectivity index (χ1n) is 12.3. The van der Waals surface area contributed by atoms with Crippen LogP contribution in [-0.4, -0.2) is 64.5 Å². The molecule has 4 heterocycles. The zero-order valence-corrected chi connectivity index (χ0v) is 22.3. The lowest BCUT2D eigenvalue weighted by Crippen LogP contribution is -2.47. The van der Waals surface area contributed by atoms with Crippen LogP contribution in [0.5, 0.6) is 0 Å². The van der Waals surface area contributed by atoms with Gasteiger partial charge in [0, 0.05) is 31.1 Å². The minimum atomic E-state index is -4.68. The summed E-state index contributed by atoms with van der Waals surface area (Å²) in [6.07, 6.45) is -4.73. The number of hydrogen-bond donors (Lipinski definition) is 1. The monoisotopic (exact) mass is 588 g/mol. The number of aryl methyl sites for hydroxylation is 1. The standard InChI is InChI=1S/C24H26F6N8O3/c1-13-7-17(24(28,29)30)34-37(13)11-18(39)33-14-8-15(25)20(31-10-14)38-12-32-19(35-38)16-9-23(26,27)5-6-36(16)21(40)41-22(2,3)4/h7-8,10,12,16H,5-6,9,11H2,1-4H3,(H,33,39). The second-order valence-corrected chi connectivity index (χ2v) is 10.5. The van der Waals surface area contributed by atoms with Crippen LogP contribution in [0.2, 0.25) is 0 Å². The molecular formula is C24H26F6N8O3. The minimum absolute atomic E-state index is 0.0927. The number of nitrogens with zero attached hydrogens (tertiary/aromatic N) is 7. The molecule has 0 aromatic carbocycles. The zero-order valence-electron chi connectivity index (χ0n) is 22.3. The lowest BCUT2D eigenvalue weighted by atomic mass is 9.98. The third-order valence-corrected chi connectivity index (χ3v) is 5.91. The number of carbonyl (C=O) groups is 2. The zero-order chi connectivity index (χ0) is 30.3. The van der Waals surface area contributed by atoms with Crippen LogP contribution in [0.1, 0.15) is 56.9 Å². The van der Waals surface area contributed by atoms with Gasteiger partial charge in [-0.1, -0.05) is 0 Å². The fourth-order valence-corrected chi connectivity index (χ4v) is 4.05. The molecule has 1 atom stereocenters. The Labute approximate surface area is 229 Å². The SMILES string of the molecule is Cc1cc(C(F)(F)F)nn1CC(=O)Nc1cnc(-n2cnc(C3CC(F)(F)CCN3C(=O)OC(C)(C)C)n2)c(F)c1. The van der Waals surface area contributed by atoms with Gasteiger partial charge in [-0.25, -0.2) is 27.9 Å². The first-order valence-corrected chi connectivity index (χ1v) is 12.3. The van der Waals surface area contributed by atoms with E-state index in [1.165, 1.54) is 6.92 Å². The number of hydrogen-bond acceptors (Lipinski definition) is 7. The highest BCUT2D eigenvalue weighted by atomic mass is 19.4. The summed E-state index contributed by atoms with van der Waals surface area (Å²) in [6, 6.07) is 0.428. The highest BCUT2D eigenvalue weighted by molar-refractivity contribution is 5.90. The summed E-state index contributed by atoms with van der Waals surface area (Å²) in [6.45, 7) is 5.37. The number of halogens is 6. The Morgan fingerprint density at radius 2 is 1.85 bits per heavy atom. The van der Waals surface area contributed by atoms with E-state index in [2.05, 4.69) is 25.5 Å². The molecule has 1 aliphatic rings. The van der Waals surface area contributed by atoms with Crippen molar-refractivity contribution in [2.45, 2.75) is 70.8 Å². The molecule has 3 aromatic rings. The second-order valence-electron chi connectivity index (χ2n) is 10.5. The van der Waals surface area contributed by atoms with Gasteiger partial charge in [0.25, 0.3) is 5.92 Å². The summed E-state index contributed by atoms with van der Waals surface area (Å²) in [4.78, 5) is 34.0. The lowest BCUT2D eigenvalue weighted by molar-refractivity contribution is -0.141. The summed E-state index contributed by atoms with van der Waals surface area (Å²) in [5, 5.41) is 9.75. The number of aromatic nitrogens is 6. The van der Waals surface area contributed by atoms with Gasteiger partial charge in [-0.15, -0.1) is 5.10 Å². The number of pyridine rings is 1. The maximum atomic E-state index is 14.9. The van der Waals surface area contributed by atoms with Gasteiger partial charge in [0.15, 0.2) is 23.2 Å². The number of piperidine rings is 1. The number of alkyl halides is 5. The molecule has 1 N–H and O–H groups in total. The first-order chi connectivity index (χ1) is 18.9. The molecule has 2 amide bonds. The van der Waals surface area contributed by atoms with Gasteiger partial charge in [-0.2, -0.15) is 23.0 Å². The van der Waals surface area contributed by atoms with E-state index in [4.69, 9.17) is 4.74 Å². The highest BCUT2D eigenvalue weighted by Gasteiger charge is 2.45. The van der Waals surface area contributed by atoms with Crippen LogP contribution < -0.4 is 5.32 Å². The molecule has 0 spiro atoms. The number of carbonyl (C=O) groups excluding carboxylic acids is 2. The Kier molecular flexibility index (Phi) is 7.75. The van der Waals surface area contributed by atoms with Crippen molar-refractivity contribution >= 4 is 17.7 Å². The molecule has 41 heavy (non-hydrogen) atoms. The molecule has 222 valence electrons. The predicted molar refractivity (Wildman–Crippen MR) is 130 cm³/mol. The quantitative estimate of drug-likeness (QED) is 0.430. The first kappa shape index (κ1) is 29.8. The summed E-state index contributed by atoms with van der Waals surface area (Å²) in [7, 11) is 0. The minimum Gasteiger partial charge on any atom is -0.444 e. The maximum Gasteiger partial charge on any atom is 0.435 e. The van der Waals surface area contributed by atoms with Crippen molar-refractivity contribution in [1.29, 1.82) is 0 Å². The van der Waals surface area contributed by atoms with Crippen molar-refractivity contribution in [3.63, 3.8) is 0 Å². The molecule has 0 saturated carbocycles. The number of rotatable bonds is 5. The number of amides is 2. The van der Waals surface area contributed by atoms with Crippen LogP contribution in [0.25, 0.3) is 5.82 Å². The van der Waals surface area contributed by atoms with E-state index < -0.39 is 66.6 Å². The summed E-state index contributed by atoms with van der Waals surface area (Å²) in [5.74, 6) is -5.43. The number of likely N-dealkylation sites (tertiary alicyclic amines) is 1. The number of anilines is 1. The third-order valence-electron chi connectivity index (χ3n) is 5.91. The lowest BCUT2D eigenvalue weighted by Gasteiger charge is -2.38. The van der Waals surface area contributed by atoms with Crippen molar-refractivity contribution in [2.24, 2.45) is 0 Å². The topological polar surface area (TPSA) is 120 Å². The second kappa shape index (κ2) is 10.7. The molecule has 3 aromatic heterocycles. The summed E-state index contributed by atoms with van der Waals surface area (Å²) >= 11 is 0. The van der Waals surface area contributed by atoms with E-state index >= 15 is 0 Å².